The first-order valence-corrected chi connectivity index (χ1v) is 9.51. The molecule has 0 aliphatic carbocycles. The van der Waals surface area contributed by atoms with Gasteiger partial charge in [-0.2, -0.15) is 0 Å². The van der Waals surface area contributed by atoms with Crippen LogP contribution in [0.25, 0.3) is 0 Å². The molecule has 1 atom stereocenters. The van der Waals surface area contributed by atoms with Crippen LogP contribution in [0.5, 0.6) is 0 Å². The van der Waals surface area contributed by atoms with Crippen molar-refractivity contribution in [2.24, 2.45) is 5.92 Å². The Morgan fingerprint density at radius 1 is 1.53 bits per heavy atom. The lowest BCUT2D eigenvalue weighted by Crippen LogP contribution is -2.26. The number of aromatic nitrogens is 1. The zero-order valence-electron chi connectivity index (χ0n) is 11.6. The molecule has 0 bridgehead atoms. The molecule has 19 heavy (non-hydrogen) atoms. The van der Waals surface area contributed by atoms with Crippen molar-refractivity contribution in [3.8, 4) is 0 Å². The van der Waals surface area contributed by atoms with Gasteiger partial charge in [0.15, 0.2) is 9.84 Å². The second kappa shape index (κ2) is 6.33. The number of rotatable bonds is 6. The fraction of sp³-hybridized carbons (Fsp3) is 0.769. The Hall–Kier alpha value is -0.460. The molecule has 4 nitrogen and oxygen atoms in total. The average molecular weight is 302 g/mol. The summed E-state index contributed by atoms with van der Waals surface area (Å²) in [7, 11) is -0.712. The van der Waals surface area contributed by atoms with E-state index < -0.39 is 9.84 Å². The van der Waals surface area contributed by atoms with Gasteiger partial charge in [-0.25, -0.2) is 13.4 Å². The zero-order valence-corrected chi connectivity index (χ0v) is 13.3. The topological polar surface area (TPSA) is 50.3 Å². The molecule has 0 aromatic carbocycles. The highest BCUT2D eigenvalue weighted by molar-refractivity contribution is 7.91. The standard InChI is InChI=1S/C13H22N2O2S2/c1-3-4-13-14-12(9-18-13)8-15(2)7-11-5-6-19(16,17)10-11/h9,11H,3-8,10H2,1-2H3. The van der Waals surface area contributed by atoms with Gasteiger partial charge in [0, 0.05) is 18.5 Å². The van der Waals surface area contributed by atoms with Crippen LogP contribution in [0.4, 0.5) is 0 Å². The number of nitrogens with zero attached hydrogens (tertiary/aromatic N) is 2. The average Bonchev–Trinajstić information content (AvgIpc) is 2.86. The van der Waals surface area contributed by atoms with Gasteiger partial charge in [-0.05, 0) is 32.2 Å². The van der Waals surface area contributed by atoms with Crippen LogP contribution in [0.2, 0.25) is 0 Å². The molecule has 1 aromatic rings. The molecule has 108 valence electrons. The summed E-state index contributed by atoms with van der Waals surface area (Å²) in [5.41, 5.74) is 1.11. The Morgan fingerprint density at radius 3 is 2.95 bits per heavy atom. The summed E-state index contributed by atoms with van der Waals surface area (Å²) in [6.45, 7) is 3.82. The summed E-state index contributed by atoms with van der Waals surface area (Å²) in [6.07, 6.45) is 2.99. The van der Waals surface area contributed by atoms with Gasteiger partial charge < -0.3 is 4.90 Å². The van der Waals surface area contributed by atoms with Crippen LogP contribution in [0.1, 0.15) is 30.5 Å². The van der Waals surface area contributed by atoms with E-state index >= 15 is 0 Å². The summed E-state index contributed by atoms with van der Waals surface area (Å²) in [4.78, 5) is 6.79. The van der Waals surface area contributed by atoms with Gasteiger partial charge >= 0.3 is 0 Å². The van der Waals surface area contributed by atoms with Gasteiger partial charge in [0.05, 0.1) is 22.2 Å². The van der Waals surface area contributed by atoms with E-state index in [0.717, 1.165) is 38.0 Å². The van der Waals surface area contributed by atoms with Crippen LogP contribution in [0.3, 0.4) is 0 Å². The zero-order chi connectivity index (χ0) is 13.9. The van der Waals surface area contributed by atoms with Gasteiger partial charge in [0.2, 0.25) is 0 Å². The van der Waals surface area contributed by atoms with Crippen LogP contribution in [0.15, 0.2) is 5.38 Å². The second-order valence-corrected chi connectivity index (χ2v) is 8.62. The van der Waals surface area contributed by atoms with Gasteiger partial charge in [-0.3, -0.25) is 0 Å². The molecule has 1 fully saturated rings. The lowest BCUT2D eigenvalue weighted by atomic mass is 10.1. The van der Waals surface area contributed by atoms with Crippen molar-refractivity contribution in [3.63, 3.8) is 0 Å². The van der Waals surface area contributed by atoms with Crippen LogP contribution >= 0.6 is 11.3 Å². The first-order chi connectivity index (χ1) is 8.98. The molecule has 1 unspecified atom stereocenters. The molecule has 0 N–H and O–H groups in total. The molecule has 0 amide bonds. The van der Waals surface area contributed by atoms with Crippen molar-refractivity contribution in [1.82, 2.24) is 9.88 Å². The Kier molecular flexibility index (Phi) is 4.97. The summed E-state index contributed by atoms with van der Waals surface area (Å²) < 4.78 is 22.9. The molecular weight excluding hydrogens is 280 g/mol. The SMILES string of the molecule is CCCc1nc(CN(C)CC2CCS(=O)(=O)C2)cs1. The van der Waals surface area contributed by atoms with Crippen molar-refractivity contribution >= 4 is 21.2 Å². The summed E-state index contributed by atoms with van der Waals surface area (Å²) in [5.74, 6) is 1.02. The minimum Gasteiger partial charge on any atom is -0.300 e. The maximum atomic E-state index is 11.4. The summed E-state index contributed by atoms with van der Waals surface area (Å²) >= 11 is 1.72. The first-order valence-electron chi connectivity index (χ1n) is 6.81. The predicted octanol–water partition coefficient (Wildman–Crippen LogP) is 1.96. The fourth-order valence-electron chi connectivity index (χ4n) is 2.55. The van der Waals surface area contributed by atoms with E-state index in [2.05, 4.69) is 22.2 Å². The Labute approximate surface area is 119 Å². The highest BCUT2D eigenvalue weighted by Crippen LogP contribution is 2.20. The van der Waals surface area contributed by atoms with Crippen molar-refractivity contribution in [2.75, 3.05) is 25.1 Å². The van der Waals surface area contributed by atoms with Gasteiger partial charge in [0.25, 0.3) is 0 Å². The van der Waals surface area contributed by atoms with E-state index in [9.17, 15) is 8.42 Å². The van der Waals surface area contributed by atoms with E-state index in [1.54, 1.807) is 11.3 Å². The first kappa shape index (κ1) is 14.9. The molecule has 2 rings (SSSR count). The summed E-state index contributed by atoms with van der Waals surface area (Å²) in [5, 5.41) is 3.32. The van der Waals surface area contributed by atoms with Crippen LogP contribution in [0, 0.1) is 5.92 Å². The lowest BCUT2D eigenvalue weighted by Gasteiger charge is -2.18. The molecule has 0 radical (unpaired) electrons. The van der Waals surface area contributed by atoms with Gasteiger partial charge in [-0.1, -0.05) is 6.92 Å². The molecule has 0 spiro atoms. The summed E-state index contributed by atoms with van der Waals surface area (Å²) in [6, 6.07) is 0. The molecule has 2 heterocycles. The Morgan fingerprint density at radius 2 is 2.32 bits per heavy atom. The molecule has 1 saturated heterocycles. The molecule has 1 aromatic heterocycles. The Bertz CT molecular complexity index is 510. The monoisotopic (exact) mass is 302 g/mol. The maximum absolute atomic E-state index is 11.4. The van der Waals surface area contributed by atoms with Crippen molar-refractivity contribution in [1.29, 1.82) is 0 Å². The number of sulfone groups is 1. The normalized spacial score (nSPS) is 22.2. The third-order valence-corrected chi connectivity index (χ3v) is 6.19. The maximum Gasteiger partial charge on any atom is 0.150 e. The smallest absolute Gasteiger partial charge is 0.150 e. The van der Waals surface area contributed by atoms with Crippen LogP contribution in [-0.4, -0.2) is 43.4 Å². The van der Waals surface area contributed by atoms with E-state index in [1.165, 1.54) is 5.01 Å². The van der Waals surface area contributed by atoms with Crippen molar-refractivity contribution in [3.05, 3.63) is 16.1 Å². The fourth-order valence-corrected chi connectivity index (χ4v) is 5.29. The molecule has 1 aliphatic rings. The van der Waals surface area contributed by atoms with Crippen molar-refractivity contribution in [2.45, 2.75) is 32.7 Å². The highest BCUT2D eigenvalue weighted by atomic mass is 32.2. The second-order valence-electron chi connectivity index (χ2n) is 5.45. The number of thiazole rings is 1. The largest absolute Gasteiger partial charge is 0.300 e. The lowest BCUT2D eigenvalue weighted by molar-refractivity contribution is 0.279. The van der Waals surface area contributed by atoms with Gasteiger partial charge in [0.1, 0.15) is 0 Å². The molecule has 6 heteroatoms. The van der Waals surface area contributed by atoms with E-state index in [4.69, 9.17) is 0 Å². The molecular formula is C13H22N2O2S2. The van der Waals surface area contributed by atoms with E-state index in [1.807, 2.05) is 7.05 Å². The van der Waals surface area contributed by atoms with E-state index in [0.29, 0.717) is 17.4 Å². The minimum atomic E-state index is -2.76. The quantitative estimate of drug-likeness (QED) is 0.806. The number of hydrogen-bond donors (Lipinski definition) is 0. The predicted molar refractivity (Wildman–Crippen MR) is 79.2 cm³/mol. The number of aryl methyl sites for hydroxylation is 1. The van der Waals surface area contributed by atoms with E-state index in [-0.39, 0.29) is 0 Å². The number of hydrogen-bond acceptors (Lipinski definition) is 5. The Balaban J connectivity index is 1.82. The third kappa shape index (κ3) is 4.54. The van der Waals surface area contributed by atoms with Crippen molar-refractivity contribution < 1.29 is 8.42 Å². The van der Waals surface area contributed by atoms with Crippen LogP contribution in [-0.2, 0) is 22.8 Å². The highest BCUT2D eigenvalue weighted by Gasteiger charge is 2.28. The van der Waals surface area contributed by atoms with Gasteiger partial charge in [-0.15, -0.1) is 11.3 Å². The minimum absolute atomic E-state index is 0.295. The van der Waals surface area contributed by atoms with Crippen LogP contribution < -0.4 is 0 Å². The molecule has 0 saturated carbocycles. The molecule has 1 aliphatic heterocycles. The third-order valence-electron chi connectivity index (χ3n) is 3.39.